The lowest BCUT2D eigenvalue weighted by atomic mass is 10.1. The first-order chi connectivity index (χ1) is 8.78. The van der Waals surface area contributed by atoms with Gasteiger partial charge < -0.3 is 14.2 Å². The van der Waals surface area contributed by atoms with Crippen LogP contribution in [-0.4, -0.2) is 25.6 Å². The highest BCUT2D eigenvalue weighted by Gasteiger charge is 2.19. The molecule has 0 aromatic carbocycles. The SMILES string of the molecule is CCC1C=CC=C(OC(C)OCC2CCO2)C=C1. The van der Waals surface area contributed by atoms with Crippen LogP contribution in [0, 0.1) is 5.92 Å². The van der Waals surface area contributed by atoms with E-state index in [0.29, 0.717) is 12.5 Å². The van der Waals surface area contributed by atoms with Crippen molar-refractivity contribution in [1.82, 2.24) is 0 Å². The van der Waals surface area contributed by atoms with Crippen molar-refractivity contribution >= 4 is 0 Å². The third-order valence-corrected chi connectivity index (χ3v) is 3.21. The van der Waals surface area contributed by atoms with Gasteiger partial charge in [0.1, 0.15) is 5.76 Å². The Morgan fingerprint density at radius 3 is 2.94 bits per heavy atom. The van der Waals surface area contributed by atoms with Gasteiger partial charge in [-0.25, -0.2) is 0 Å². The molecule has 1 saturated heterocycles. The molecule has 2 aliphatic rings. The zero-order valence-corrected chi connectivity index (χ0v) is 11.2. The topological polar surface area (TPSA) is 27.7 Å². The van der Waals surface area contributed by atoms with Crippen LogP contribution >= 0.6 is 0 Å². The third-order valence-electron chi connectivity index (χ3n) is 3.21. The molecule has 100 valence electrons. The molecule has 3 nitrogen and oxygen atoms in total. The summed E-state index contributed by atoms with van der Waals surface area (Å²) >= 11 is 0. The second-order valence-corrected chi connectivity index (χ2v) is 4.69. The van der Waals surface area contributed by atoms with Crippen molar-refractivity contribution in [2.24, 2.45) is 5.92 Å². The van der Waals surface area contributed by atoms with Gasteiger partial charge in [0.05, 0.1) is 12.7 Å². The van der Waals surface area contributed by atoms with Gasteiger partial charge in [-0.2, -0.15) is 0 Å². The minimum absolute atomic E-state index is 0.239. The molecule has 0 aromatic rings. The van der Waals surface area contributed by atoms with E-state index in [1.54, 1.807) is 0 Å². The second kappa shape index (κ2) is 6.76. The van der Waals surface area contributed by atoms with Crippen molar-refractivity contribution in [2.75, 3.05) is 13.2 Å². The van der Waals surface area contributed by atoms with Gasteiger partial charge in [-0.15, -0.1) is 0 Å². The van der Waals surface area contributed by atoms with Crippen molar-refractivity contribution in [3.63, 3.8) is 0 Å². The lowest BCUT2D eigenvalue weighted by Gasteiger charge is -2.27. The lowest BCUT2D eigenvalue weighted by Crippen LogP contribution is -2.33. The van der Waals surface area contributed by atoms with E-state index in [4.69, 9.17) is 14.2 Å². The molecule has 0 N–H and O–H groups in total. The maximum absolute atomic E-state index is 5.73. The monoisotopic (exact) mass is 250 g/mol. The second-order valence-electron chi connectivity index (χ2n) is 4.69. The fourth-order valence-corrected chi connectivity index (χ4v) is 1.87. The van der Waals surface area contributed by atoms with E-state index >= 15 is 0 Å². The fraction of sp³-hybridized carbons (Fsp3) is 0.600. The quantitative estimate of drug-likeness (QED) is 0.678. The Hall–Kier alpha value is -1.06. The first kappa shape index (κ1) is 13.4. The average molecular weight is 250 g/mol. The summed E-state index contributed by atoms with van der Waals surface area (Å²) in [5.74, 6) is 1.35. The van der Waals surface area contributed by atoms with E-state index in [1.807, 2.05) is 25.2 Å². The predicted octanol–water partition coefficient (Wildman–Crippen LogP) is 3.19. The van der Waals surface area contributed by atoms with Gasteiger partial charge in [0, 0.05) is 6.61 Å². The Morgan fingerprint density at radius 2 is 2.28 bits per heavy atom. The van der Waals surface area contributed by atoms with Crippen molar-refractivity contribution in [2.45, 2.75) is 39.1 Å². The molecule has 1 fully saturated rings. The normalized spacial score (nSPS) is 28.2. The summed E-state index contributed by atoms with van der Waals surface area (Å²) in [6.45, 7) is 5.57. The van der Waals surface area contributed by atoms with Crippen LogP contribution in [0.4, 0.5) is 0 Å². The van der Waals surface area contributed by atoms with E-state index < -0.39 is 0 Å². The minimum Gasteiger partial charge on any atom is -0.465 e. The van der Waals surface area contributed by atoms with Crippen LogP contribution in [0.25, 0.3) is 0 Å². The smallest absolute Gasteiger partial charge is 0.197 e. The summed E-state index contributed by atoms with van der Waals surface area (Å²) in [6.07, 6.45) is 12.6. The van der Waals surface area contributed by atoms with Crippen LogP contribution in [-0.2, 0) is 14.2 Å². The van der Waals surface area contributed by atoms with Gasteiger partial charge in [-0.1, -0.05) is 25.2 Å². The van der Waals surface area contributed by atoms with Gasteiger partial charge >= 0.3 is 0 Å². The zero-order chi connectivity index (χ0) is 12.8. The molecule has 3 atom stereocenters. The first-order valence-corrected chi connectivity index (χ1v) is 6.74. The minimum atomic E-state index is -0.239. The molecule has 0 saturated carbocycles. The van der Waals surface area contributed by atoms with Crippen LogP contribution in [0.15, 0.2) is 36.1 Å². The third kappa shape index (κ3) is 4.00. The summed E-state index contributed by atoms with van der Waals surface area (Å²) in [7, 11) is 0. The molecule has 1 aliphatic heterocycles. The molecule has 1 aliphatic carbocycles. The molecule has 0 bridgehead atoms. The zero-order valence-electron chi connectivity index (χ0n) is 11.2. The van der Waals surface area contributed by atoms with Crippen LogP contribution in [0.3, 0.4) is 0 Å². The summed E-state index contributed by atoms with van der Waals surface area (Å²) in [5.41, 5.74) is 0. The van der Waals surface area contributed by atoms with Crippen LogP contribution in [0.5, 0.6) is 0 Å². The Labute approximate surface area is 109 Å². The average Bonchev–Trinajstić information content (AvgIpc) is 2.52. The van der Waals surface area contributed by atoms with E-state index in [-0.39, 0.29) is 12.4 Å². The first-order valence-electron chi connectivity index (χ1n) is 6.74. The van der Waals surface area contributed by atoms with Crippen molar-refractivity contribution in [3.05, 3.63) is 36.1 Å². The van der Waals surface area contributed by atoms with Crippen LogP contribution < -0.4 is 0 Å². The molecular weight excluding hydrogens is 228 g/mol. The van der Waals surface area contributed by atoms with Crippen molar-refractivity contribution in [1.29, 1.82) is 0 Å². The number of ether oxygens (including phenoxy) is 3. The molecule has 0 spiro atoms. The van der Waals surface area contributed by atoms with E-state index in [9.17, 15) is 0 Å². The highest BCUT2D eigenvalue weighted by Crippen LogP contribution is 2.16. The molecule has 0 amide bonds. The van der Waals surface area contributed by atoms with Crippen molar-refractivity contribution in [3.8, 4) is 0 Å². The van der Waals surface area contributed by atoms with Crippen LogP contribution in [0.1, 0.15) is 26.7 Å². The van der Waals surface area contributed by atoms with Gasteiger partial charge in [0.15, 0.2) is 6.29 Å². The van der Waals surface area contributed by atoms with E-state index in [1.165, 1.54) is 0 Å². The molecule has 18 heavy (non-hydrogen) atoms. The van der Waals surface area contributed by atoms with Gasteiger partial charge in [0.25, 0.3) is 0 Å². The molecule has 3 unspecified atom stereocenters. The molecule has 0 radical (unpaired) electrons. The summed E-state index contributed by atoms with van der Waals surface area (Å²) in [4.78, 5) is 0. The summed E-state index contributed by atoms with van der Waals surface area (Å²) in [5, 5.41) is 0. The number of allylic oxidation sites excluding steroid dienone is 5. The highest BCUT2D eigenvalue weighted by molar-refractivity contribution is 5.24. The Bertz CT molecular complexity index is 340. The lowest BCUT2D eigenvalue weighted by molar-refractivity contribution is -0.158. The van der Waals surface area contributed by atoms with E-state index in [0.717, 1.165) is 25.2 Å². The number of rotatable bonds is 6. The van der Waals surface area contributed by atoms with Crippen molar-refractivity contribution < 1.29 is 14.2 Å². The van der Waals surface area contributed by atoms with E-state index in [2.05, 4.69) is 19.1 Å². The Balaban J connectivity index is 1.74. The summed E-state index contributed by atoms with van der Waals surface area (Å²) in [6, 6.07) is 0. The maximum Gasteiger partial charge on any atom is 0.197 e. The number of hydrogen-bond acceptors (Lipinski definition) is 3. The highest BCUT2D eigenvalue weighted by atomic mass is 16.7. The van der Waals surface area contributed by atoms with Crippen LogP contribution in [0.2, 0.25) is 0 Å². The molecular formula is C15H22O3. The van der Waals surface area contributed by atoms with Gasteiger partial charge in [0.2, 0.25) is 0 Å². The fourth-order valence-electron chi connectivity index (χ4n) is 1.87. The van der Waals surface area contributed by atoms with Gasteiger partial charge in [-0.3, -0.25) is 0 Å². The molecule has 0 aromatic heterocycles. The predicted molar refractivity (Wildman–Crippen MR) is 71.0 cm³/mol. The Kier molecular flexibility index (Phi) is 5.02. The maximum atomic E-state index is 5.73. The largest absolute Gasteiger partial charge is 0.465 e. The summed E-state index contributed by atoms with van der Waals surface area (Å²) < 4.78 is 16.6. The van der Waals surface area contributed by atoms with Gasteiger partial charge in [-0.05, 0) is 37.8 Å². The molecule has 2 rings (SSSR count). The standard InChI is InChI=1S/C15H22O3/c1-3-13-5-4-6-14(8-7-13)18-12(2)17-11-15-9-10-16-15/h4-8,12-13,15H,3,9-11H2,1-2H3. The Morgan fingerprint density at radius 1 is 1.44 bits per heavy atom. The molecule has 1 heterocycles. The molecule has 3 heteroatoms. The number of hydrogen-bond donors (Lipinski definition) is 0.